The maximum absolute atomic E-state index is 7.39. The molecular formula is C5H13B. The second kappa shape index (κ2) is 2.28. The van der Waals surface area contributed by atoms with E-state index in [4.69, 9.17) is 1.37 Å². The van der Waals surface area contributed by atoms with Crippen LogP contribution in [0, 0.1) is 0 Å². The summed E-state index contributed by atoms with van der Waals surface area (Å²) < 4.78 is 7.39. The average molecular weight is 85.0 g/mol. The Hall–Kier alpha value is 0.0649. The molecule has 0 bridgehead atoms. The molecule has 0 N–H and O–H groups in total. The highest BCUT2D eigenvalue weighted by Gasteiger charge is 2.00. The first-order valence-electron chi connectivity index (χ1n) is 2.94. The molecular weight excluding hydrogens is 70.9 g/mol. The molecule has 0 saturated carbocycles. The van der Waals surface area contributed by atoms with Gasteiger partial charge >= 0.3 is 0 Å². The monoisotopic (exact) mass is 85.1 g/mol. The predicted molar refractivity (Wildman–Crippen MR) is 32.6 cm³/mol. The largest absolute Gasteiger partial charge is 0.136 e. The Morgan fingerprint density at radius 3 is 1.67 bits per heavy atom. The highest BCUT2D eigenvalue weighted by atomic mass is 13.7. The normalized spacial score (nSPS) is 13.7. The van der Waals surface area contributed by atoms with Crippen molar-refractivity contribution < 1.29 is 1.37 Å². The third-order valence-corrected chi connectivity index (χ3v) is 1.15. The minimum absolute atomic E-state index is 0.250. The average Bonchev–Trinajstić information content (AvgIpc) is 1.31. The fourth-order valence-corrected chi connectivity index (χ4v) is 0. The van der Waals surface area contributed by atoms with Crippen LogP contribution in [0.2, 0.25) is 19.4 Å². The fourth-order valence-electron chi connectivity index (χ4n) is 0. The first-order chi connectivity index (χ1) is 2.94. The Morgan fingerprint density at radius 1 is 1.50 bits per heavy atom. The van der Waals surface area contributed by atoms with Crippen molar-refractivity contribution in [3.8, 4) is 0 Å². The lowest BCUT2D eigenvalue weighted by molar-refractivity contribution is 1.04. The number of hydrogen-bond acceptors (Lipinski definition) is 0. The topological polar surface area (TPSA) is 0 Å². The van der Waals surface area contributed by atoms with E-state index in [2.05, 4.69) is 13.6 Å². The lowest BCUT2D eigenvalue weighted by atomic mass is 9.46. The highest BCUT2D eigenvalue weighted by Crippen LogP contribution is 2.04. The van der Waals surface area contributed by atoms with E-state index in [0.717, 1.165) is 0 Å². The van der Waals surface area contributed by atoms with Crippen LogP contribution >= 0.6 is 0 Å². The van der Waals surface area contributed by atoms with E-state index in [9.17, 15) is 0 Å². The summed E-state index contributed by atoms with van der Waals surface area (Å²) in [4.78, 5) is 0. The van der Waals surface area contributed by atoms with Gasteiger partial charge in [0, 0.05) is 1.37 Å². The molecule has 0 unspecified atom stereocenters. The quantitative estimate of drug-likeness (QED) is 0.428. The molecule has 36 valence electrons. The molecule has 0 amide bonds. The van der Waals surface area contributed by atoms with Crippen molar-refractivity contribution in [1.82, 2.24) is 0 Å². The van der Waals surface area contributed by atoms with Gasteiger partial charge in [0.1, 0.15) is 6.71 Å². The number of hydrogen-bond donors (Lipinski definition) is 0. The molecule has 0 aromatic rings. The predicted octanol–water partition coefficient (Wildman–Crippen LogP) is 2.15. The summed E-state index contributed by atoms with van der Waals surface area (Å²) in [6.07, 6.45) is 0. The first-order valence-corrected chi connectivity index (χ1v) is 2.44. The molecule has 0 nitrogen and oxygen atoms in total. The van der Waals surface area contributed by atoms with Gasteiger partial charge in [-0.3, -0.25) is 0 Å². The van der Waals surface area contributed by atoms with Crippen LogP contribution in [0.15, 0.2) is 0 Å². The molecule has 0 aromatic heterocycles. The third-order valence-electron chi connectivity index (χ3n) is 1.15. The zero-order valence-electron chi connectivity index (χ0n) is 6.08. The summed E-state index contributed by atoms with van der Waals surface area (Å²) in [7, 11) is 0. The molecule has 0 aromatic carbocycles. The van der Waals surface area contributed by atoms with Crippen molar-refractivity contribution in [2.75, 3.05) is 0 Å². The molecule has 0 aliphatic heterocycles. The molecule has 0 rings (SSSR count). The van der Waals surface area contributed by atoms with Gasteiger partial charge in [0.15, 0.2) is 0 Å². The Kier molecular flexibility index (Phi) is 1.60. The van der Waals surface area contributed by atoms with Crippen LogP contribution in [0.3, 0.4) is 0 Å². The van der Waals surface area contributed by atoms with Crippen molar-refractivity contribution in [3.05, 3.63) is 0 Å². The van der Waals surface area contributed by atoms with Gasteiger partial charge in [-0.05, 0) is 0 Å². The van der Waals surface area contributed by atoms with Crippen LogP contribution in [0.4, 0.5) is 0 Å². The lowest BCUT2D eigenvalue weighted by Crippen LogP contribution is -2.03. The van der Waals surface area contributed by atoms with Gasteiger partial charge in [-0.15, -0.1) is 0 Å². The Morgan fingerprint density at radius 2 is 1.67 bits per heavy atom. The second-order valence-electron chi connectivity index (χ2n) is 2.23. The van der Waals surface area contributed by atoms with Crippen molar-refractivity contribution in [2.24, 2.45) is 0 Å². The Labute approximate surface area is 42.4 Å². The van der Waals surface area contributed by atoms with Crippen LogP contribution in [-0.4, -0.2) is 6.71 Å². The standard InChI is InChI=1S/C5H13B/c1-5(2)6(3)4/h5H,1-4H3/i5D. The fraction of sp³-hybridized carbons (Fsp3) is 1.00. The van der Waals surface area contributed by atoms with Crippen molar-refractivity contribution in [2.45, 2.75) is 33.3 Å². The summed E-state index contributed by atoms with van der Waals surface area (Å²) >= 11 is 0. The third kappa shape index (κ3) is 2.31. The summed E-state index contributed by atoms with van der Waals surface area (Å²) in [5.74, 6) is -0.250. The molecule has 0 atom stereocenters. The van der Waals surface area contributed by atoms with Gasteiger partial charge in [-0.1, -0.05) is 33.3 Å². The minimum Gasteiger partial charge on any atom is -0.0861 e. The van der Waals surface area contributed by atoms with Gasteiger partial charge in [-0.25, -0.2) is 0 Å². The SMILES string of the molecule is [2H]C(C)(C)B(C)C. The van der Waals surface area contributed by atoms with Crippen LogP contribution < -0.4 is 0 Å². The smallest absolute Gasteiger partial charge is 0.0861 e. The molecule has 1 heteroatoms. The van der Waals surface area contributed by atoms with E-state index >= 15 is 0 Å². The van der Waals surface area contributed by atoms with Crippen LogP contribution in [0.25, 0.3) is 0 Å². The first kappa shape index (κ1) is 4.23. The molecule has 0 radical (unpaired) electrons. The van der Waals surface area contributed by atoms with Gasteiger partial charge in [0.25, 0.3) is 0 Å². The second-order valence-corrected chi connectivity index (χ2v) is 2.23. The van der Waals surface area contributed by atoms with Crippen molar-refractivity contribution in [3.63, 3.8) is 0 Å². The Balaban J connectivity index is 3.54. The van der Waals surface area contributed by atoms with Crippen molar-refractivity contribution in [1.29, 1.82) is 0 Å². The van der Waals surface area contributed by atoms with E-state index in [1.807, 2.05) is 13.8 Å². The van der Waals surface area contributed by atoms with E-state index in [1.165, 1.54) is 0 Å². The maximum Gasteiger partial charge on any atom is 0.136 e. The summed E-state index contributed by atoms with van der Waals surface area (Å²) in [5.41, 5.74) is 0. The molecule has 0 heterocycles. The lowest BCUT2D eigenvalue weighted by Gasteiger charge is -2.01. The molecule has 0 aliphatic rings. The zero-order chi connectivity index (χ0) is 6.08. The summed E-state index contributed by atoms with van der Waals surface area (Å²) in [5, 5.41) is 0. The van der Waals surface area contributed by atoms with E-state index < -0.39 is 0 Å². The van der Waals surface area contributed by atoms with E-state index in [0.29, 0.717) is 6.71 Å². The molecule has 0 saturated heterocycles. The van der Waals surface area contributed by atoms with Crippen LogP contribution in [0.5, 0.6) is 0 Å². The van der Waals surface area contributed by atoms with Gasteiger partial charge in [-0.2, -0.15) is 0 Å². The van der Waals surface area contributed by atoms with Gasteiger partial charge in [0.2, 0.25) is 0 Å². The van der Waals surface area contributed by atoms with Gasteiger partial charge < -0.3 is 0 Å². The molecule has 6 heavy (non-hydrogen) atoms. The molecule has 0 spiro atoms. The summed E-state index contributed by atoms with van der Waals surface area (Å²) in [6, 6.07) is 0. The van der Waals surface area contributed by atoms with E-state index in [1.54, 1.807) is 0 Å². The maximum atomic E-state index is 7.39. The zero-order valence-corrected chi connectivity index (χ0v) is 5.08. The number of rotatable bonds is 1. The van der Waals surface area contributed by atoms with Crippen molar-refractivity contribution >= 4 is 6.71 Å². The van der Waals surface area contributed by atoms with Gasteiger partial charge in [0.05, 0.1) is 0 Å². The van der Waals surface area contributed by atoms with Crippen LogP contribution in [-0.2, 0) is 0 Å². The highest BCUT2D eigenvalue weighted by molar-refractivity contribution is 6.57. The Bertz CT molecular complexity index is 53.6. The molecule has 0 fully saturated rings. The van der Waals surface area contributed by atoms with E-state index in [-0.39, 0.29) is 5.79 Å². The molecule has 0 aliphatic carbocycles. The minimum atomic E-state index is -0.250. The van der Waals surface area contributed by atoms with Crippen LogP contribution in [0.1, 0.15) is 15.2 Å². The summed E-state index contributed by atoms with van der Waals surface area (Å²) in [6.45, 7) is 8.45.